The molecule has 0 aromatic heterocycles. The summed E-state index contributed by atoms with van der Waals surface area (Å²) in [4.78, 5) is 23.9. The average molecular weight is 476 g/mol. The average Bonchev–Trinajstić information content (AvgIpc) is 2.81. The van der Waals surface area contributed by atoms with Gasteiger partial charge in [0.25, 0.3) is 5.69 Å². The Bertz CT molecular complexity index is 1080. The van der Waals surface area contributed by atoms with Crippen molar-refractivity contribution in [2.45, 2.75) is 37.6 Å². The molecule has 0 unspecified atom stereocenters. The predicted octanol–water partition coefficient (Wildman–Crippen LogP) is 3.00. The van der Waals surface area contributed by atoms with Gasteiger partial charge in [-0.15, -0.1) is 0 Å². The van der Waals surface area contributed by atoms with E-state index in [0.29, 0.717) is 19.8 Å². The highest BCUT2D eigenvalue weighted by atomic mass is 32.2. The first kappa shape index (κ1) is 24.7. The van der Waals surface area contributed by atoms with E-state index in [4.69, 9.17) is 4.74 Å². The zero-order chi connectivity index (χ0) is 24.1. The van der Waals surface area contributed by atoms with E-state index in [-0.39, 0.29) is 23.2 Å². The number of hydrogen-bond donors (Lipinski definition) is 1. The molecular weight excluding hydrogens is 446 g/mol. The molecule has 2 aromatic rings. The summed E-state index contributed by atoms with van der Waals surface area (Å²) in [5, 5.41) is 14.2. The lowest BCUT2D eigenvalue weighted by Crippen LogP contribution is -2.52. The van der Waals surface area contributed by atoms with Crippen molar-refractivity contribution in [3.05, 3.63) is 70.3 Å². The van der Waals surface area contributed by atoms with Gasteiger partial charge in [0.2, 0.25) is 15.9 Å². The fourth-order valence-electron chi connectivity index (χ4n) is 4.30. The van der Waals surface area contributed by atoms with E-state index in [1.54, 1.807) is 6.92 Å². The van der Waals surface area contributed by atoms with Crippen molar-refractivity contribution >= 4 is 27.3 Å². The number of carbonyl (C=O) groups is 1. The van der Waals surface area contributed by atoms with Gasteiger partial charge in [-0.25, -0.2) is 8.42 Å². The molecule has 1 N–H and O–H groups in total. The number of ether oxygens (including phenoxy) is 1. The van der Waals surface area contributed by atoms with Crippen molar-refractivity contribution in [2.24, 2.45) is 0 Å². The number of non-ortho nitro benzene ring substituents is 1. The number of rotatable bonds is 9. The van der Waals surface area contributed by atoms with Gasteiger partial charge in [0.05, 0.1) is 16.9 Å². The molecule has 9 nitrogen and oxygen atoms in total. The number of carbonyl (C=O) groups excluding carboxylic acids is 1. The fraction of sp³-hybridized carbons (Fsp3) is 0.435. The highest BCUT2D eigenvalue weighted by molar-refractivity contribution is 7.92. The summed E-state index contributed by atoms with van der Waals surface area (Å²) in [6.07, 6.45) is 2.65. The Kier molecular flexibility index (Phi) is 7.70. The van der Waals surface area contributed by atoms with E-state index >= 15 is 0 Å². The van der Waals surface area contributed by atoms with Crippen LogP contribution in [0.3, 0.4) is 0 Å². The maximum Gasteiger partial charge on any atom is 0.271 e. The first-order valence-electron chi connectivity index (χ1n) is 10.8. The lowest BCUT2D eigenvalue weighted by Gasteiger charge is -2.39. The van der Waals surface area contributed by atoms with Crippen molar-refractivity contribution in [1.82, 2.24) is 5.32 Å². The predicted molar refractivity (Wildman–Crippen MR) is 126 cm³/mol. The smallest absolute Gasteiger partial charge is 0.271 e. The van der Waals surface area contributed by atoms with Gasteiger partial charge < -0.3 is 10.1 Å². The zero-order valence-electron chi connectivity index (χ0n) is 18.8. The van der Waals surface area contributed by atoms with Crippen LogP contribution in [-0.4, -0.2) is 51.3 Å². The molecule has 1 fully saturated rings. The number of hydrogen-bond acceptors (Lipinski definition) is 6. The number of nitro groups is 1. The van der Waals surface area contributed by atoms with Gasteiger partial charge in [0.1, 0.15) is 6.04 Å². The van der Waals surface area contributed by atoms with Crippen LogP contribution in [0.2, 0.25) is 0 Å². The summed E-state index contributed by atoms with van der Waals surface area (Å²) in [6.45, 7) is 3.19. The summed E-state index contributed by atoms with van der Waals surface area (Å²) in [6, 6.07) is 14.2. The molecule has 1 amide bonds. The number of nitrogens with zero attached hydrogens (tertiary/aromatic N) is 2. The minimum atomic E-state index is -3.90. The van der Waals surface area contributed by atoms with Crippen LogP contribution < -0.4 is 9.62 Å². The molecule has 178 valence electrons. The zero-order valence-corrected chi connectivity index (χ0v) is 19.6. The largest absolute Gasteiger partial charge is 0.381 e. The van der Waals surface area contributed by atoms with Crippen LogP contribution in [0.4, 0.5) is 11.4 Å². The quantitative estimate of drug-likeness (QED) is 0.440. The Morgan fingerprint density at radius 3 is 2.42 bits per heavy atom. The maximum absolute atomic E-state index is 13.3. The third-order valence-electron chi connectivity index (χ3n) is 6.06. The SMILES string of the molecule is CC[C@@H](C(=O)NCC1(c2ccccc2)CCOCC1)N(c1cccc([N+](=O)[O-])c1)S(C)(=O)=O. The first-order chi connectivity index (χ1) is 15.7. The van der Waals surface area contributed by atoms with E-state index in [9.17, 15) is 23.3 Å². The van der Waals surface area contributed by atoms with Crippen molar-refractivity contribution < 1.29 is 22.9 Å². The molecule has 1 atom stereocenters. The van der Waals surface area contributed by atoms with Gasteiger partial charge in [0.15, 0.2) is 0 Å². The Balaban J connectivity index is 1.88. The molecule has 0 aliphatic carbocycles. The van der Waals surface area contributed by atoms with Crippen LogP contribution in [0.15, 0.2) is 54.6 Å². The van der Waals surface area contributed by atoms with Crippen LogP contribution in [0.1, 0.15) is 31.7 Å². The number of benzene rings is 2. The first-order valence-corrected chi connectivity index (χ1v) is 12.7. The second kappa shape index (κ2) is 10.3. The fourth-order valence-corrected chi connectivity index (χ4v) is 5.50. The van der Waals surface area contributed by atoms with E-state index < -0.39 is 26.9 Å². The summed E-state index contributed by atoms with van der Waals surface area (Å²) in [5.74, 6) is -0.448. The van der Waals surface area contributed by atoms with Gasteiger partial charge in [-0.1, -0.05) is 43.3 Å². The Labute approximate surface area is 193 Å². The van der Waals surface area contributed by atoms with Gasteiger partial charge >= 0.3 is 0 Å². The van der Waals surface area contributed by atoms with Gasteiger partial charge in [0, 0.05) is 37.3 Å². The van der Waals surface area contributed by atoms with Gasteiger partial charge in [-0.2, -0.15) is 0 Å². The number of sulfonamides is 1. The highest BCUT2D eigenvalue weighted by Crippen LogP contribution is 2.34. The molecule has 0 radical (unpaired) electrons. The third-order valence-corrected chi connectivity index (χ3v) is 7.24. The van der Waals surface area contributed by atoms with Crippen LogP contribution >= 0.6 is 0 Å². The lowest BCUT2D eigenvalue weighted by atomic mass is 9.74. The topological polar surface area (TPSA) is 119 Å². The summed E-state index contributed by atoms with van der Waals surface area (Å²) >= 11 is 0. The van der Waals surface area contributed by atoms with Crippen molar-refractivity contribution in [3.8, 4) is 0 Å². The molecule has 0 bridgehead atoms. The minimum absolute atomic E-state index is 0.0811. The van der Waals surface area contributed by atoms with Crippen LogP contribution in [0.5, 0.6) is 0 Å². The normalized spacial score (nSPS) is 16.5. The number of anilines is 1. The molecule has 0 saturated carbocycles. The number of nitro benzene ring substituents is 1. The lowest BCUT2D eigenvalue weighted by molar-refractivity contribution is -0.384. The Hall–Kier alpha value is -2.98. The monoisotopic (exact) mass is 475 g/mol. The molecule has 1 heterocycles. The molecule has 3 rings (SSSR count). The van der Waals surface area contributed by atoms with Crippen LogP contribution in [0, 0.1) is 10.1 Å². The van der Waals surface area contributed by atoms with Gasteiger partial charge in [-0.05, 0) is 30.9 Å². The molecule has 33 heavy (non-hydrogen) atoms. The van der Waals surface area contributed by atoms with Crippen molar-refractivity contribution in [2.75, 3.05) is 30.3 Å². The van der Waals surface area contributed by atoms with E-state index in [0.717, 1.165) is 29.0 Å². The van der Waals surface area contributed by atoms with Crippen LogP contribution in [-0.2, 0) is 25.0 Å². The molecule has 2 aromatic carbocycles. The van der Waals surface area contributed by atoms with Crippen molar-refractivity contribution in [3.63, 3.8) is 0 Å². The second-order valence-corrected chi connectivity index (χ2v) is 10.1. The summed E-state index contributed by atoms with van der Waals surface area (Å²) in [5.41, 5.74) is 0.619. The Morgan fingerprint density at radius 2 is 1.85 bits per heavy atom. The standard InChI is InChI=1S/C23H29N3O6S/c1-3-21(25(33(2,30)31)19-10-7-11-20(16-19)26(28)29)22(27)24-17-23(12-14-32-15-13-23)18-8-5-4-6-9-18/h4-11,16,21H,3,12-15,17H2,1-2H3,(H,24,27)/t21-/m0/s1. The van der Waals surface area contributed by atoms with Crippen LogP contribution in [0.25, 0.3) is 0 Å². The van der Waals surface area contributed by atoms with E-state index in [1.807, 2.05) is 30.3 Å². The number of amides is 1. The van der Waals surface area contributed by atoms with E-state index in [1.165, 1.54) is 24.3 Å². The molecule has 0 spiro atoms. The Morgan fingerprint density at radius 1 is 1.18 bits per heavy atom. The molecule has 1 saturated heterocycles. The highest BCUT2D eigenvalue weighted by Gasteiger charge is 2.37. The molecule has 1 aliphatic heterocycles. The third kappa shape index (κ3) is 5.69. The molecule has 1 aliphatic rings. The second-order valence-electron chi connectivity index (χ2n) is 8.24. The summed E-state index contributed by atoms with van der Waals surface area (Å²) < 4.78 is 31.8. The molecular formula is C23H29N3O6S. The van der Waals surface area contributed by atoms with Gasteiger partial charge in [-0.3, -0.25) is 19.2 Å². The molecule has 10 heteroatoms. The summed E-state index contributed by atoms with van der Waals surface area (Å²) in [7, 11) is -3.90. The number of nitrogens with one attached hydrogen (secondary N) is 1. The van der Waals surface area contributed by atoms with E-state index in [2.05, 4.69) is 5.32 Å². The maximum atomic E-state index is 13.3. The van der Waals surface area contributed by atoms with Crippen molar-refractivity contribution in [1.29, 1.82) is 0 Å². The minimum Gasteiger partial charge on any atom is -0.381 e.